The topological polar surface area (TPSA) is 95.2 Å². The van der Waals surface area contributed by atoms with Gasteiger partial charge < -0.3 is 20.5 Å². The summed E-state index contributed by atoms with van der Waals surface area (Å²) in [5.41, 5.74) is 5.62. The van der Waals surface area contributed by atoms with Crippen molar-refractivity contribution in [1.29, 1.82) is 0 Å². The van der Waals surface area contributed by atoms with Crippen molar-refractivity contribution >= 4 is 11.9 Å². The van der Waals surface area contributed by atoms with Gasteiger partial charge in [0.25, 0.3) is 0 Å². The first-order chi connectivity index (χ1) is 8.47. The van der Waals surface area contributed by atoms with E-state index in [1.165, 1.54) is 7.11 Å². The lowest BCUT2D eigenvalue weighted by Crippen LogP contribution is -2.57. The molecule has 1 aliphatic rings. The highest BCUT2D eigenvalue weighted by Gasteiger charge is 2.48. The largest absolute Gasteiger partial charge is 0.467 e. The molecule has 0 saturated heterocycles. The summed E-state index contributed by atoms with van der Waals surface area (Å²) in [7, 11) is 3.22. The second kappa shape index (κ2) is 4.56. The van der Waals surface area contributed by atoms with Gasteiger partial charge in [0, 0.05) is 18.6 Å². The number of anilines is 2. The highest BCUT2D eigenvalue weighted by Crippen LogP contribution is 2.43. The van der Waals surface area contributed by atoms with Crippen LogP contribution in [0, 0.1) is 5.41 Å². The quantitative estimate of drug-likeness (QED) is 0.815. The average Bonchev–Trinajstić information content (AvgIpc) is 2.33. The summed E-state index contributed by atoms with van der Waals surface area (Å²) >= 11 is 0. The number of nitrogen functional groups attached to an aromatic ring is 1. The predicted molar refractivity (Wildman–Crippen MR) is 67.4 cm³/mol. The zero-order chi connectivity index (χ0) is 13.3. The number of nitrogens with zero attached hydrogens (tertiary/aromatic N) is 3. The van der Waals surface area contributed by atoms with Gasteiger partial charge in [-0.1, -0.05) is 13.8 Å². The first-order valence-electron chi connectivity index (χ1n) is 5.82. The Kier molecular flexibility index (Phi) is 3.25. The number of nitrogens with two attached hydrogens (primary N) is 1. The van der Waals surface area contributed by atoms with Crippen molar-refractivity contribution in [2.75, 3.05) is 25.3 Å². The van der Waals surface area contributed by atoms with Crippen LogP contribution < -0.4 is 15.8 Å². The molecule has 7 heteroatoms. The molecule has 18 heavy (non-hydrogen) atoms. The van der Waals surface area contributed by atoms with E-state index in [1.54, 1.807) is 7.11 Å². The van der Waals surface area contributed by atoms with E-state index in [0.717, 1.165) is 6.42 Å². The molecule has 0 amide bonds. The molecule has 0 bridgehead atoms. The number of hydrogen-bond acceptors (Lipinski definition) is 7. The molecular formula is C11H19N5O2. The Morgan fingerprint density at radius 1 is 1.28 bits per heavy atom. The van der Waals surface area contributed by atoms with Gasteiger partial charge >= 0.3 is 6.01 Å². The van der Waals surface area contributed by atoms with E-state index in [4.69, 9.17) is 15.2 Å². The Balaban J connectivity index is 2.09. The second-order valence-electron chi connectivity index (χ2n) is 4.98. The number of ether oxygens (including phenoxy) is 2. The maximum Gasteiger partial charge on any atom is 0.322 e. The van der Waals surface area contributed by atoms with Crippen molar-refractivity contribution in [3.8, 4) is 6.01 Å². The normalized spacial score (nSPS) is 25.3. The number of rotatable bonds is 4. The molecule has 0 aromatic carbocycles. The number of aromatic nitrogens is 3. The van der Waals surface area contributed by atoms with Crippen LogP contribution in [0.15, 0.2) is 0 Å². The summed E-state index contributed by atoms with van der Waals surface area (Å²) in [4.78, 5) is 12.0. The van der Waals surface area contributed by atoms with E-state index in [1.807, 2.05) is 0 Å². The zero-order valence-electron chi connectivity index (χ0n) is 11.1. The molecule has 7 nitrogen and oxygen atoms in total. The summed E-state index contributed by atoms with van der Waals surface area (Å²) in [6.07, 6.45) is 1.16. The Morgan fingerprint density at radius 2 is 2.00 bits per heavy atom. The zero-order valence-corrected chi connectivity index (χ0v) is 11.1. The molecule has 0 radical (unpaired) electrons. The van der Waals surface area contributed by atoms with E-state index in [0.29, 0.717) is 5.95 Å². The standard InChI is InChI=1S/C11H19N5O2/c1-11(2)6(5-7(11)17-3)13-9-14-8(12)15-10(16-9)18-4/h6-7H,5H2,1-4H3,(H3,12,13,14,15,16). The fraction of sp³-hybridized carbons (Fsp3) is 0.727. The fourth-order valence-corrected chi connectivity index (χ4v) is 2.21. The van der Waals surface area contributed by atoms with Gasteiger partial charge in [0.05, 0.1) is 13.2 Å². The Labute approximate surface area is 106 Å². The van der Waals surface area contributed by atoms with Gasteiger partial charge in [-0.25, -0.2) is 0 Å². The monoisotopic (exact) mass is 253 g/mol. The van der Waals surface area contributed by atoms with E-state index in [-0.39, 0.29) is 29.5 Å². The lowest BCUT2D eigenvalue weighted by Gasteiger charge is -2.51. The molecule has 0 spiro atoms. The van der Waals surface area contributed by atoms with Crippen molar-refractivity contribution in [3.05, 3.63) is 0 Å². The molecule has 2 unspecified atom stereocenters. The molecule has 1 saturated carbocycles. The lowest BCUT2D eigenvalue weighted by molar-refractivity contribution is -0.0796. The minimum absolute atomic E-state index is 0.0311. The SMILES string of the molecule is COc1nc(N)nc(NC2CC(OC)C2(C)C)n1. The van der Waals surface area contributed by atoms with Gasteiger partial charge in [-0.05, 0) is 6.42 Å². The van der Waals surface area contributed by atoms with Crippen LogP contribution in [0.1, 0.15) is 20.3 Å². The van der Waals surface area contributed by atoms with Gasteiger partial charge in [-0.2, -0.15) is 15.0 Å². The molecule has 1 aromatic heterocycles. The van der Waals surface area contributed by atoms with Crippen molar-refractivity contribution < 1.29 is 9.47 Å². The van der Waals surface area contributed by atoms with E-state index in [9.17, 15) is 0 Å². The molecule has 1 heterocycles. The van der Waals surface area contributed by atoms with Crippen molar-refractivity contribution in [1.82, 2.24) is 15.0 Å². The van der Waals surface area contributed by atoms with Crippen LogP contribution in [0.25, 0.3) is 0 Å². The highest BCUT2D eigenvalue weighted by atomic mass is 16.5. The van der Waals surface area contributed by atoms with Crippen molar-refractivity contribution in [2.45, 2.75) is 32.4 Å². The summed E-state index contributed by atoms with van der Waals surface area (Å²) in [6, 6.07) is 0.458. The van der Waals surface area contributed by atoms with E-state index in [2.05, 4.69) is 34.1 Å². The molecule has 0 aliphatic heterocycles. The molecule has 1 fully saturated rings. The predicted octanol–water partition coefficient (Wildman–Crippen LogP) is 0.688. The lowest BCUT2D eigenvalue weighted by atomic mass is 9.64. The van der Waals surface area contributed by atoms with Gasteiger partial charge in [0.2, 0.25) is 11.9 Å². The minimum atomic E-state index is 0.0311. The number of nitrogens with one attached hydrogen (secondary N) is 1. The summed E-state index contributed by atoms with van der Waals surface area (Å²) < 4.78 is 10.4. The Morgan fingerprint density at radius 3 is 2.56 bits per heavy atom. The second-order valence-corrected chi connectivity index (χ2v) is 4.98. The molecule has 100 valence electrons. The van der Waals surface area contributed by atoms with Crippen molar-refractivity contribution in [3.63, 3.8) is 0 Å². The fourth-order valence-electron chi connectivity index (χ4n) is 2.21. The molecule has 1 aliphatic carbocycles. The maximum absolute atomic E-state index is 5.58. The van der Waals surface area contributed by atoms with Crippen LogP contribution in [0.5, 0.6) is 6.01 Å². The summed E-state index contributed by atoms with van der Waals surface area (Å²) in [5, 5.41) is 3.25. The van der Waals surface area contributed by atoms with Gasteiger partial charge in [-0.3, -0.25) is 0 Å². The van der Waals surface area contributed by atoms with Crippen molar-refractivity contribution in [2.24, 2.45) is 5.41 Å². The molecule has 2 rings (SSSR count). The van der Waals surface area contributed by atoms with Crippen LogP contribution in [-0.4, -0.2) is 41.3 Å². The first-order valence-corrected chi connectivity index (χ1v) is 5.82. The number of methoxy groups -OCH3 is 2. The van der Waals surface area contributed by atoms with Gasteiger partial charge in [0.1, 0.15) is 0 Å². The van der Waals surface area contributed by atoms with Gasteiger partial charge in [-0.15, -0.1) is 0 Å². The number of hydrogen-bond donors (Lipinski definition) is 2. The highest BCUT2D eigenvalue weighted by molar-refractivity contribution is 5.35. The van der Waals surface area contributed by atoms with Crippen LogP contribution in [0.4, 0.5) is 11.9 Å². The maximum atomic E-state index is 5.58. The molecule has 3 N–H and O–H groups in total. The minimum Gasteiger partial charge on any atom is -0.467 e. The third kappa shape index (κ3) is 2.17. The van der Waals surface area contributed by atoms with Gasteiger partial charge in [0.15, 0.2) is 0 Å². The molecule has 2 atom stereocenters. The summed E-state index contributed by atoms with van der Waals surface area (Å²) in [6.45, 7) is 4.29. The Hall–Kier alpha value is -1.63. The van der Waals surface area contributed by atoms with E-state index < -0.39 is 0 Å². The van der Waals surface area contributed by atoms with Crippen LogP contribution in [-0.2, 0) is 4.74 Å². The van der Waals surface area contributed by atoms with Crippen LogP contribution in [0.2, 0.25) is 0 Å². The first kappa shape index (κ1) is 12.8. The molecule has 1 aromatic rings. The third-order valence-corrected chi connectivity index (χ3v) is 3.58. The Bertz CT molecular complexity index is 437. The average molecular weight is 253 g/mol. The van der Waals surface area contributed by atoms with Crippen LogP contribution >= 0.6 is 0 Å². The van der Waals surface area contributed by atoms with E-state index >= 15 is 0 Å². The van der Waals surface area contributed by atoms with Crippen LogP contribution in [0.3, 0.4) is 0 Å². The third-order valence-electron chi connectivity index (χ3n) is 3.58. The smallest absolute Gasteiger partial charge is 0.322 e. The summed E-state index contributed by atoms with van der Waals surface area (Å²) in [5.74, 6) is 0.580. The molecular weight excluding hydrogens is 234 g/mol.